The summed E-state index contributed by atoms with van der Waals surface area (Å²) >= 11 is 0. The van der Waals surface area contributed by atoms with Crippen LogP contribution in [0.25, 0.3) is 6.08 Å². The van der Waals surface area contributed by atoms with Crippen molar-refractivity contribution in [2.45, 2.75) is 51.4 Å². The molecule has 122 valence electrons. The van der Waals surface area contributed by atoms with Crippen LogP contribution in [0.4, 0.5) is 0 Å². The molecule has 0 bridgehead atoms. The second-order valence-corrected chi connectivity index (χ2v) is 5.99. The molecule has 3 nitrogen and oxygen atoms in total. The van der Waals surface area contributed by atoms with E-state index in [1.54, 1.807) is 0 Å². The molecule has 0 fully saturated rings. The molecule has 23 heavy (non-hydrogen) atoms. The Bertz CT molecular complexity index is 597. The third-order valence-corrected chi connectivity index (χ3v) is 4.20. The monoisotopic (exact) mass is 312 g/mol. The van der Waals surface area contributed by atoms with Crippen LogP contribution in [0.1, 0.15) is 56.9 Å². The zero-order valence-electron chi connectivity index (χ0n) is 13.5. The zero-order chi connectivity index (χ0) is 16.5. The van der Waals surface area contributed by atoms with Gasteiger partial charge in [-0.1, -0.05) is 60.9 Å². The van der Waals surface area contributed by atoms with Crippen LogP contribution < -0.4 is 0 Å². The molecule has 0 aliphatic heterocycles. The molecule has 0 saturated heterocycles. The fourth-order valence-corrected chi connectivity index (χ4v) is 2.91. The van der Waals surface area contributed by atoms with Gasteiger partial charge < -0.3 is 5.11 Å². The number of benzene rings is 1. The average molecular weight is 312 g/mol. The molecule has 0 saturated carbocycles. The molecule has 0 radical (unpaired) electrons. The van der Waals surface area contributed by atoms with E-state index in [2.05, 4.69) is 0 Å². The minimum absolute atomic E-state index is 0.248. The van der Waals surface area contributed by atoms with E-state index in [1.807, 2.05) is 42.5 Å². The van der Waals surface area contributed by atoms with Crippen molar-refractivity contribution >= 4 is 17.8 Å². The largest absolute Gasteiger partial charge is 0.481 e. The molecular formula is C20H24O3. The summed E-state index contributed by atoms with van der Waals surface area (Å²) in [5, 5.41) is 8.61. The minimum Gasteiger partial charge on any atom is -0.481 e. The molecule has 0 aromatic heterocycles. The predicted molar refractivity (Wildman–Crippen MR) is 92.1 cm³/mol. The standard InChI is InChI=1S/C20H24O3/c21-19-15-13-17(10-6-1-2-7-11-20(22)23)18(19)14-12-16-8-4-3-5-9-16/h3-5,8-9,12,14H,1-2,6-7,10-11,13,15H2,(H,22,23). The lowest BCUT2D eigenvalue weighted by Crippen LogP contribution is -1.94. The second kappa shape index (κ2) is 9.09. The van der Waals surface area contributed by atoms with E-state index in [-0.39, 0.29) is 12.2 Å². The van der Waals surface area contributed by atoms with Crippen LogP contribution in [0, 0.1) is 0 Å². The van der Waals surface area contributed by atoms with Gasteiger partial charge in [0.15, 0.2) is 5.78 Å². The smallest absolute Gasteiger partial charge is 0.303 e. The van der Waals surface area contributed by atoms with Crippen molar-refractivity contribution < 1.29 is 14.7 Å². The lowest BCUT2D eigenvalue weighted by molar-refractivity contribution is -0.137. The molecule has 0 amide bonds. The van der Waals surface area contributed by atoms with Gasteiger partial charge in [-0.05, 0) is 31.2 Å². The highest BCUT2D eigenvalue weighted by Crippen LogP contribution is 2.29. The number of allylic oxidation sites excluding steroid dienone is 3. The molecule has 3 heteroatoms. The molecule has 0 spiro atoms. The Morgan fingerprint density at radius 3 is 2.48 bits per heavy atom. The number of carboxylic acid groups (broad SMARTS) is 1. The van der Waals surface area contributed by atoms with Crippen LogP contribution >= 0.6 is 0 Å². The topological polar surface area (TPSA) is 54.4 Å². The lowest BCUT2D eigenvalue weighted by Gasteiger charge is -2.04. The average Bonchev–Trinajstić information content (AvgIpc) is 2.89. The number of hydrogen-bond acceptors (Lipinski definition) is 2. The Kier molecular flexibility index (Phi) is 6.79. The number of rotatable bonds is 9. The molecule has 1 aromatic carbocycles. The van der Waals surface area contributed by atoms with Crippen LogP contribution in [0.2, 0.25) is 0 Å². The van der Waals surface area contributed by atoms with E-state index >= 15 is 0 Å². The highest BCUT2D eigenvalue weighted by molar-refractivity contribution is 6.02. The molecular weight excluding hydrogens is 288 g/mol. The van der Waals surface area contributed by atoms with Crippen molar-refractivity contribution in [1.82, 2.24) is 0 Å². The number of carbonyl (C=O) groups excluding carboxylic acids is 1. The molecule has 2 rings (SSSR count). The molecule has 1 aliphatic rings. The molecule has 1 aromatic rings. The third-order valence-electron chi connectivity index (χ3n) is 4.20. The maximum absolute atomic E-state index is 12.0. The first kappa shape index (κ1) is 17.2. The van der Waals surface area contributed by atoms with Gasteiger partial charge in [-0.15, -0.1) is 0 Å². The van der Waals surface area contributed by atoms with Crippen molar-refractivity contribution in [2.75, 3.05) is 0 Å². The number of Topliss-reactive ketones (excluding diaryl/α,β-unsaturated/α-hetero) is 1. The quantitative estimate of drug-likeness (QED) is 0.667. The van der Waals surface area contributed by atoms with Crippen molar-refractivity contribution in [3.05, 3.63) is 53.1 Å². The van der Waals surface area contributed by atoms with E-state index < -0.39 is 5.97 Å². The first-order valence-electron chi connectivity index (χ1n) is 8.37. The van der Waals surface area contributed by atoms with Gasteiger partial charge in [-0.2, -0.15) is 0 Å². The van der Waals surface area contributed by atoms with E-state index in [0.717, 1.165) is 49.7 Å². The summed E-state index contributed by atoms with van der Waals surface area (Å²) in [5.41, 5.74) is 3.26. The fraction of sp³-hybridized carbons (Fsp3) is 0.400. The summed E-state index contributed by atoms with van der Waals surface area (Å²) in [7, 11) is 0. The minimum atomic E-state index is -0.720. The van der Waals surface area contributed by atoms with Gasteiger partial charge in [0.2, 0.25) is 0 Å². The second-order valence-electron chi connectivity index (χ2n) is 5.99. The van der Waals surface area contributed by atoms with E-state index in [9.17, 15) is 9.59 Å². The lowest BCUT2D eigenvalue weighted by atomic mass is 10.0. The van der Waals surface area contributed by atoms with Gasteiger partial charge in [0.1, 0.15) is 0 Å². The number of carboxylic acids is 1. The maximum atomic E-state index is 12.0. The van der Waals surface area contributed by atoms with Crippen molar-refractivity contribution in [2.24, 2.45) is 0 Å². The Hall–Kier alpha value is -2.16. The molecule has 0 atom stereocenters. The zero-order valence-corrected chi connectivity index (χ0v) is 13.5. The summed E-state index contributed by atoms with van der Waals surface area (Å²) in [5.74, 6) is -0.472. The van der Waals surface area contributed by atoms with E-state index in [4.69, 9.17) is 5.11 Å². The summed E-state index contributed by atoms with van der Waals surface area (Å²) < 4.78 is 0. The highest BCUT2D eigenvalue weighted by atomic mass is 16.4. The van der Waals surface area contributed by atoms with Crippen molar-refractivity contribution in [3.8, 4) is 0 Å². The van der Waals surface area contributed by atoms with Gasteiger partial charge >= 0.3 is 5.97 Å². The number of carbonyl (C=O) groups is 2. The molecule has 1 N–H and O–H groups in total. The van der Waals surface area contributed by atoms with Crippen molar-refractivity contribution in [3.63, 3.8) is 0 Å². The summed E-state index contributed by atoms with van der Waals surface area (Å²) in [6.45, 7) is 0. The summed E-state index contributed by atoms with van der Waals surface area (Å²) in [4.78, 5) is 22.5. The van der Waals surface area contributed by atoms with Gasteiger partial charge in [0.25, 0.3) is 0 Å². The van der Waals surface area contributed by atoms with Gasteiger partial charge in [-0.3, -0.25) is 9.59 Å². The Morgan fingerprint density at radius 2 is 1.74 bits per heavy atom. The normalized spacial score (nSPS) is 14.9. The predicted octanol–water partition coefficient (Wildman–Crippen LogP) is 4.78. The molecule has 0 unspecified atom stereocenters. The van der Waals surface area contributed by atoms with Crippen LogP contribution in [0.5, 0.6) is 0 Å². The van der Waals surface area contributed by atoms with Gasteiger partial charge in [0.05, 0.1) is 0 Å². The Labute approximate surface area is 137 Å². The third kappa shape index (κ3) is 5.85. The van der Waals surface area contributed by atoms with Crippen LogP contribution in [-0.2, 0) is 9.59 Å². The van der Waals surface area contributed by atoms with E-state index in [0.29, 0.717) is 6.42 Å². The van der Waals surface area contributed by atoms with Gasteiger partial charge in [0, 0.05) is 18.4 Å². The van der Waals surface area contributed by atoms with Crippen molar-refractivity contribution in [1.29, 1.82) is 0 Å². The molecule has 1 aliphatic carbocycles. The summed E-state index contributed by atoms with van der Waals surface area (Å²) in [6.07, 6.45) is 10.4. The maximum Gasteiger partial charge on any atom is 0.303 e. The number of ketones is 1. The van der Waals surface area contributed by atoms with Crippen LogP contribution in [0.15, 0.2) is 47.6 Å². The number of unbranched alkanes of at least 4 members (excludes halogenated alkanes) is 3. The Balaban J connectivity index is 1.85. The number of hydrogen-bond donors (Lipinski definition) is 1. The van der Waals surface area contributed by atoms with Gasteiger partial charge in [-0.25, -0.2) is 0 Å². The van der Waals surface area contributed by atoms with E-state index in [1.165, 1.54) is 5.57 Å². The Morgan fingerprint density at radius 1 is 1.00 bits per heavy atom. The first-order chi connectivity index (χ1) is 11.2. The SMILES string of the molecule is O=C(O)CCCCCCC1=C(C=Cc2ccccc2)C(=O)CC1. The number of aliphatic carboxylic acids is 1. The van der Waals surface area contributed by atoms with Crippen LogP contribution in [-0.4, -0.2) is 16.9 Å². The highest BCUT2D eigenvalue weighted by Gasteiger charge is 2.20. The molecule has 0 heterocycles. The summed E-state index contributed by atoms with van der Waals surface area (Å²) in [6, 6.07) is 10.0. The van der Waals surface area contributed by atoms with Crippen LogP contribution in [0.3, 0.4) is 0 Å². The fourth-order valence-electron chi connectivity index (χ4n) is 2.91. The first-order valence-corrected chi connectivity index (χ1v) is 8.37.